The van der Waals surface area contributed by atoms with Crippen molar-refractivity contribution in [2.75, 3.05) is 11.9 Å². The Hall–Kier alpha value is -2.51. The third-order valence-electron chi connectivity index (χ3n) is 6.01. The molecule has 2 aliphatic heterocycles. The number of carbonyl (C=O) groups excluding carboxylic acids is 1. The molecule has 0 spiro atoms. The summed E-state index contributed by atoms with van der Waals surface area (Å²) < 4.78 is 42.3. The summed E-state index contributed by atoms with van der Waals surface area (Å²) in [5, 5.41) is 7.24. The summed E-state index contributed by atoms with van der Waals surface area (Å²) in [6.45, 7) is 4.73. The van der Waals surface area contributed by atoms with Crippen LogP contribution >= 0.6 is 0 Å². The lowest BCUT2D eigenvalue weighted by molar-refractivity contribution is -0.173. The van der Waals surface area contributed by atoms with Crippen molar-refractivity contribution >= 4 is 11.7 Å². The molecule has 1 saturated heterocycles. The highest BCUT2D eigenvalue weighted by atomic mass is 19.4. The molecule has 8 heteroatoms. The fraction of sp³-hybridized carbons (Fsp3) is 0.524. The van der Waals surface area contributed by atoms with Crippen LogP contribution in [0.5, 0.6) is 0 Å². The van der Waals surface area contributed by atoms with Gasteiger partial charge in [0.15, 0.2) is 11.7 Å². The van der Waals surface area contributed by atoms with Crippen molar-refractivity contribution in [2.45, 2.75) is 57.4 Å². The molecule has 0 aliphatic carbocycles. The molecule has 0 radical (unpaired) electrons. The number of aromatic nitrogens is 2. The number of likely N-dealkylation sites (tertiary alicyclic amines) is 1. The average molecular weight is 406 g/mol. The Morgan fingerprint density at radius 3 is 2.55 bits per heavy atom. The van der Waals surface area contributed by atoms with Gasteiger partial charge in [0.2, 0.25) is 0 Å². The summed E-state index contributed by atoms with van der Waals surface area (Å²) in [6.07, 6.45) is -2.85. The molecule has 0 bridgehead atoms. The van der Waals surface area contributed by atoms with Gasteiger partial charge in [0, 0.05) is 25.1 Å². The Balaban J connectivity index is 1.65. The molecule has 3 heterocycles. The molecule has 2 aromatic rings. The number of nitrogens with one attached hydrogen (secondary N) is 1. The maximum atomic E-state index is 13.8. The van der Waals surface area contributed by atoms with Crippen LogP contribution in [0.15, 0.2) is 36.4 Å². The first kappa shape index (κ1) is 19.8. The number of piperidine rings is 1. The number of amides is 1. The summed E-state index contributed by atoms with van der Waals surface area (Å²) >= 11 is 0. The van der Waals surface area contributed by atoms with Crippen molar-refractivity contribution in [2.24, 2.45) is 5.92 Å². The summed E-state index contributed by atoms with van der Waals surface area (Å²) in [6, 6.07) is 8.29. The zero-order chi connectivity index (χ0) is 20.8. The van der Waals surface area contributed by atoms with Crippen LogP contribution in [-0.4, -0.2) is 39.4 Å². The highest BCUT2D eigenvalue weighted by Crippen LogP contribution is 2.43. The highest BCUT2D eigenvalue weighted by molar-refractivity contribution is 5.93. The molecule has 1 aromatic heterocycles. The molecule has 1 fully saturated rings. The van der Waals surface area contributed by atoms with Crippen molar-refractivity contribution < 1.29 is 18.0 Å². The SMILES string of the molecule is C[C@@H]1CCN(C(=O)c2cc3n(n2)[C@H](C(F)(F)F)C[C@@H](c2ccccc2)N3)[C@H](C)C1. The summed E-state index contributed by atoms with van der Waals surface area (Å²) in [7, 11) is 0. The van der Waals surface area contributed by atoms with Crippen LogP contribution in [0.3, 0.4) is 0 Å². The molecule has 0 saturated carbocycles. The highest BCUT2D eigenvalue weighted by Gasteiger charge is 2.47. The molecule has 4 atom stereocenters. The molecular weight excluding hydrogens is 381 g/mol. The minimum atomic E-state index is -4.45. The van der Waals surface area contributed by atoms with E-state index >= 15 is 0 Å². The number of hydrogen-bond donors (Lipinski definition) is 1. The van der Waals surface area contributed by atoms with Crippen LogP contribution in [0.25, 0.3) is 0 Å². The van der Waals surface area contributed by atoms with E-state index in [1.165, 1.54) is 6.07 Å². The van der Waals surface area contributed by atoms with Crippen molar-refractivity contribution in [1.29, 1.82) is 0 Å². The molecule has 4 rings (SSSR count). The van der Waals surface area contributed by atoms with Crippen molar-refractivity contribution in [3.8, 4) is 0 Å². The van der Waals surface area contributed by atoms with Crippen molar-refractivity contribution in [1.82, 2.24) is 14.7 Å². The summed E-state index contributed by atoms with van der Waals surface area (Å²) in [5.41, 5.74) is 0.845. The predicted molar refractivity (Wildman–Crippen MR) is 104 cm³/mol. The van der Waals surface area contributed by atoms with Gasteiger partial charge in [-0.3, -0.25) is 4.79 Å². The predicted octanol–water partition coefficient (Wildman–Crippen LogP) is 4.80. The fourth-order valence-corrected chi connectivity index (χ4v) is 4.44. The molecule has 5 nitrogen and oxygen atoms in total. The molecule has 0 unspecified atom stereocenters. The standard InChI is InChI=1S/C21H25F3N4O/c1-13-8-9-27(14(2)10-13)20(29)17-12-19-25-16(15-6-4-3-5-7-15)11-18(21(22,23)24)28(19)26-17/h3-7,12-14,16,18,25H,8-11H2,1-2H3/t13-,14-,16+,18+/m1/s1. The number of halogens is 3. The van der Waals surface area contributed by atoms with E-state index in [-0.39, 0.29) is 29.9 Å². The van der Waals surface area contributed by atoms with E-state index in [0.717, 1.165) is 23.1 Å². The maximum absolute atomic E-state index is 13.8. The number of nitrogens with zero attached hydrogens (tertiary/aromatic N) is 3. The number of hydrogen-bond acceptors (Lipinski definition) is 3. The number of rotatable bonds is 2. The second-order valence-corrected chi connectivity index (χ2v) is 8.24. The molecular formula is C21H25F3N4O. The van der Waals surface area contributed by atoms with Crippen LogP contribution in [-0.2, 0) is 0 Å². The normalized spacial score (nSPS) is 27.3. The van der Waals surface area contributed by atoms with Crippen molar-refractivity contribution in [3.63, 3.8) is 0 Å². The van der Waals surface area contributed by atoms with Crippen LogP contribution in [0, 0.1) is 5.92 Å². The zero-order valence-corrected chi connectivity index (χ0v) is 16.5. The summed E-state index contributed by atoms with van der Waals surface area (Å²) in [4.78, 5) is 14.7. The van der Waals surface area contributed by atoms with Crippen LogP contribution in [0.4, 0.5) is 19.0 Å². The minimum Gasteiger partial charge on any atom is -0.363 e. The zero-order valence-electron chi connectivity index (χ0n) is 16.5. The lowest BCUT2D eigenvalue weighted by Gasteiger charge is -2.36. The Morgan fingerprint density at radius 1 is 1.17 bits per heavy atom. The monoisotopic (exact) mass is 406 g/mol. The van der Waals surface area contributed by atoms with Crippen LogP contribution in [0.1, 0.15) is 61.2 Å². The van der Waals surface area contributed by atoms with E-state index in [9.17, 15) is 18.0 Å². The van der Waals surface area contributed by atoms with E-state index in [4.69, 9.17) is 0 Å². The van der Waals surface area contributed by atoms with Gasteiger partial charge in [-0.05, 0) is 31.2 Å². The lowest BCUT2D eigenvalue weighted by Crippen LogP contribution is -2.44. The number of benzene rings is 1. The lowest BCUT2D eigenvalue weighted by atomic mass is 9.93. The van der Waals surface area contributed by atoms with E-state index < -0.39 is 18.3 Å². The van der Waals surface area contributed by atoms with Gasteiger partial charge in [-0.1, -0.05) is 37.3 Å². The van der Waals surface area contributed by atoms with E-state index in [1.54, 1.807) is 29.2 Å². The topological polar surface area (TPSA) is 50.2 Å². The third-order valence-corrected chi connectivity index (χ3v) is 6.01. The quantitative estimate of drug-likeness (QED) is 0.779. The molecule has 1 aromatic carbocycles. The molecule has 156 valence electrons. The third kappa shape index (κ3) is 3.84. The largest absolute Gasteiger partial charge is 0.410 e. The molecule has 2 aliphatic rings. The van der Waals surface area contributed by atoms with Gasteiger partial charge < -0.3 is 10.2 Å². The second-order valence-electron chi connectivity index (χ2n) is 8.24. The van der Waals surface area contributed by atoms with Gasteiger partial charge >= 0.3 is 6.18 Å². The molecule has 29 heavy (non-hydrogen) atoms. The van der Waals surface area contributed by atoms with Gasteiger partial charge in [-0.2, -0.15) is 18.3 Å². The molecule has 1 N–H and O–H groups in total. The van der Waals surface area contributed by atoms with Gasteiger partial charge in [-0.15, -0.1) is 0 Å². The van der Waals surface area contributed by atoms with Gasteiger partial charge in [0.05, 0.1) is 6.04 Å². The first-order valence-electron chi connectivity index (χ1n) is 10.0. The minimum absolute atomic E-state index is 0.0495. The Morgan fingerprint density at radius 2 is 1.90 bits per heavy atom. The van der Waals surface area contributed by atoms with Gasteiger partial charge in [0.25, 0.3) is 5.91 Å². The number of fused-ring (bicyclic) bond motifs is 1. The van der Waals surface area contributed by atoms with Crippen LogP contribution < -0.4 is 5.32 Å². The Bertz CT molecular complexity index is 880. The Kier molecular flexibility index (Phi) is 5.04. The van der Waals surface area contributed by atoms with E-state index in [0.29, 0.717) is 12.5 Å². The first-order chi connectivity index (χ1) is 13.7. The first-order valence-corrected chi connectivity index (χ1v) is 10.0. The number of alkyl halides is 3. The van der Waals surface area contributed by atoms with Crippen molar-refractivity contribution in [3.05, 3.63) is 47.7 Å². The molecule has 1 amide bonds. The second kappa shape index (κ2) is 7.39. The number of anilines is 1. The Labute approximate surface area is 167 Å². The number of carbonyl (C=O) groups is 1. The van der Waals surface area contributed by atoms with Crippen LogP contribution in [0.2, 0.25) is 0 Å². The summed E-state index contributed by atoms with van der Waals surface area (Å²) in [5.74, 6) is 0.464. The van der Waals surface area contributed by atoms with Gasteiger partial charge in [0.1, 0.15) is 5.82 Å². The average Bonchev–Trinajstić information content (AvgIpc) is 3.10. The maximum Gasteiger partial charge on any atom is 0.410 e. The fourth-order valence-electron chi connectivity index (χ4n) is 4.44. The smallest absolute Gasteiger partial charge is 0.363 e. The van der Waals surface area contributed by atoms with E-state index in [1.807, 2.05) is 13.0 Å². The van der Waals surface area contributed by atoms with Gasteiger partial charge in [-0.25, -0.2) is 4.68 Å². The van der Waals surface area contributed by atoms with E-state index in [2.05, 4.69) is 17.3 Å².